The lowest BCUT2D eigenvalue weighted by Gasteiger charge is -2.33. The third kappa shape index (κ3) is 1.65. The van der Waals surface area contributed by atoms with Gasteiger partial charge in [0, 0.05) is 17.8 Å². The maximum atomic E-state index is 5.76. The molecule has 1 heterocycles. The minimum absolute atomic E-state index is 0.385. The Morgan fingerprint density at radius 3 is 3.00 bits per heavy atom. The topological polar surface area (TPSA) is 66.7 Å². The molecule has 0 saturated heterocycles. The average Bonchev–Trinajstić information content (AvgIpc) is 2.55. The van der Waals surface area contributed by atoms with Crippen LogP contribution in [0.15, 0.2) is 18.2 Å². The third-order valence-electron chi connectivity index (χ3n) is 3.15. The molecule has 4 N–H and O–H groups in total. The summed E-state index contributed by atoms with van der Waals surface area (Å²) in [5.41, 5.74) is 9.02. The zero-order valence-electron chi connectivity index (χ0n) is 9.33. The van der Waals surface area contributed by atoms with Gasteiger partial charge in [-0.15, -0.1) is 0 Å². The standard InChI is InChI=1S/C12H16N4/c1-7-14-11-3-2-9(6-12(11)15-7)16-10-4-8(13)5-10/h2-3,6,8,10,16H,4-5,13H2,1H3,(H,14,15). The molecule has 4 heteroatoms. The van der Waals surface area contributed by atoms with E-state index >= 15 is 0 Å². The van der Waals surface area contributed by atoms with E-state index in [0.29, 0.717) is 12.1 Å². The molecule has 1 fully saturated rings. The van der Waals surface area contributed by atoms with Crippen LogP contribution in [-0.4, -0.2) is 22.1 Å². The van der Waals surface area contributed by atoms with Crippen molar-refractivity contribution in [3.8, 4) is 0 Å². The van der Waals surface area contributed by atoms with Gasteiger partial charge in [0.05, 0.1) is 11.0 Å². The lowest BCUT2D eigenvalue weighted by atomic mass is 9.87. The second-order valence-corrected chi connectivity index (χ2v) is 4.63. The van der Waals surface area contributed by atoms with Crippen LogP contribution in [0.4, 0.5) is 5.69 Å². The molecule has 0 unspecified atom stereocenters. The molecule has 0 radical (unpaired) electrons. The van der Waals surface area contributed by atoms with Crippen molar-refractivity contribution < 1.29 is 0 Å². The Labute approximate surface area is 94.3 Å². The molecular formula is C12H16N4. The van der Waals surface area contributed by atoms with E-state index in [2.05, 4.69) is 27.4 Å². The van der Waals surface area contributed by atoms with E-state index in [4.69, 9.17) is 5.73 Å². The first kappa shape index (κ1) is 9.66. The van der Waals surface area contributed by atoms with E-state index in [1.165, 1.54) is 0 Å². The number of fused-ring (bicyclic) bond motifs is 1. The number of nitrogens with two attached hydrogens (primary N) is 1. The molecule has 1 aliphatic rings. The smallest absolute Gasteiger partial charge is 0.104 e. The van der Waals surface area contributed by atoms with E-state index in [1.807, 2.05) is 13.0 Å². The van der Waals surface area contributed by atoms with Gasteiger partial charge in [0.1, 0.15) is 5.82 Å². The highest BCUT2D eigenvalue weighted by Gasteiger charge is 2.25. The monoisotopic (exact) mass is 216 g/mol. The number of nitrogens with zero attached hydrogens (tertiary/aromatic N) is 1. The zero-order chi connectivity index (χ0) is 11.1. The molecule has 1 saturated carbocycles. The molecule has 0 atom stereocenters. The fourth-order valence-electron chi connectivity index (χ4n) is 2.24. The number of H-pyrrole nitrogens is 1. The summed E-state index contributed by atoms with van der Waals surface area (Å²) in [6.07, 6.45) is 2.14. The van der Waals surface area contributed by atoms with Crippen LogP contribution in [0.5, 0.6) is 0 Å². The first-order chi connectivity index (χ1) is 7.70. The maximum absolute atomic E-state index is 5.76. The highest BCUT2D eigenvalue weighted by Crippen LogP contribution is 2.24. The summed E-state index contributed by atoms with van der Waals surface area (Å²) in [5.74, 6) is 0.956. The molecule has 1 aliphatic carbocycles. The van der Waals surface area contributed by atoms with Gasteiger partial charge in [0.2, 0.25) is 0 Å². The van der Waals surface area contributed by atoms with Gasteiger partial charge in [-0.25, -0.2) is 4.98 Å². The Balaban J connectivity index is 1.82. The molecular weight excluding hydrogens is 200 g/mol. The second-order valence-electron chi connectivity index (χ2n) is 4.63. The molecule has 0 spiro atoms. The van der Waals surface area contributed by atoms with Crippen molar-refractivity contribution in [3.05, 3.63) is 24.0 Å². The minimum Gasteiger partial charge on any atom is -0.382 e. The van der Waals surface area contributed by atoms with Gasteiger partial charge in [-0.2, -0.15) is 0 Å². The van der Waals surface area contributed by atoms with E-state index < -0.39 is 0 Å². The minimum atomic E-state index is 0.385. The Hall–Kier alpha value is -1.55. The second kappa shape index (κ2) is 3.49. The Morgan fingerprint density at radius 1 is 1.44 bits per heavy atom. The quantitative estimate of drug-likeness (QED) is 0.716. The van der Waals surface area contributed by atoms with Crippen LogP contribution in [0.3, 0.4) is 0 Å². The average molecular weight is 216 g/mol. The number of aromatic amines is 1. The Morgan fingerprint density at radius 2 is 2.25 bits per heavy atom. The number of aryl methyl sites for hydroxylation is 1. The number of hydrogen-bond acceptors (Lipinski definition) is 3. The predicted molar refractivity (Wildman–Crippen MR) is 65.5 cm³/mol. The third-order valence-corrected chi connectivity index (χ3v) is 3.15. The van der Waals surface area contributed by atoms with E-state index in [0.717, 1.165) is 35.4 Å². The van der Waals surface area contributed by atoms with Crippen molar-refractivity contribution in [1.82, 2.24) is 9.97 Å². The molecule has 1 aromatic carbocycles. The highest BCUT2D eigenvalue weighted by atomic mass is 15.0. The van der Waals surface area contributed by atoms with Crippen molar-refractivity contribution in [2.24, 2.45) is 5.73 Å². The van der Waals surface area contributed by atoms with Gasteiger partial charge in [0.15, 0.2) is 0 Å². The number of aromatic nitrogens is 2. The summed E-state index contributed by atoms with van der Waals surface area (Å²) in [6.45, 7) is 1.97. The van der Waals surface area contributed by atoms with Crippen LogP contribution in [0, 0.1) is 6.92 Å². The number of anilines is 1. The predicted octanol–water partition coefficient (Wildman–Crippen LogP) is 1.77. The SMILES string of the molecule is Cc1nc2ccc(NC3CC(N)C3)cc2[nH]1. The van der Waals surface area contributed by atoms with Crippen LogP contribution < -0.4 is 11.1 Å². The lowest BCUT2D eigenvalue weighted by Crippen LogP contribution is -2.44. The fourth-order valence-corrected chi connectivity index (χ4v) is 2.24. The largest absolute Gasteiger partial charge is 0.382 e. The molecule has 3 rings (SSSR count). The summed E-state index contributed by atoms with van der Waals surface area (Å²) in [6, 6.07) is 7.15. The van der Waals surface area contributed by atoms with Gasteiger partial charge in [-0.1, -0.05) is 0 Å². The molecule has 0 amide bonds. The molecule has 16 heavy (non-hydrogen) atoms. The summed E-state index contributed by atoms with van der Waals surface area (Å²) in [5, 5.41) is 3.48. The van der Waals surface area contributed by atoms with Crippen LogP contribution >= 0.6 is 0 Å². The number of nitrogens with one attached hydrogen (secondary N) is 2. The van der Waals surface area contributed by atoms with E-state index in [1.54, 1.807) is 0 Å². The van der Waals surface area contributed by atoms with Gasteiger partial charge in [-0.3, -0.25) is 0 Å². The number of hydrogen-bond donors (Lipinski definition) is 3. The Bertz CT molecular complexity index is 511. The van der Waals surface area contributed by atoms with E-state index in [-0.39, 0.29) is 0 Å². The number of benzene rings is 1. The van der Waals surface area contributed by atoms with Gasteiger partial charge in [0.25, 0.3) is 0 Å². The van der Waals surface area contributed by atoms with Crippen LogP contribution in [0.1, 0.15) is 18.7 Å². The van der Waals surface area contributed by atoms with Crippen molar-refractivity contribution in [2.75, 3.05) is 5.32 Å². The summed E-state index contributed by atoms with van der Waals surface area (Å²) in [4.78, 5) is 7.62. The first-order valence-electron chi connectivity index (χ1n) is 5.69. The molecule has 2 aromatic rings. The van der Waals surface area contributed by atoms with Crippen LogP contribution in [-0.2, 0) is 0 Å². The van der Waals surface area contributed by atoms with Gasteiger partial charge >= 0.3 is 0 Å². The molecule has 4 nitrogen and oxygen atoms in total. The highest BCUT2D eigenvalue weighted by molar-refractivity contribution is 5.79. The van der Waals surface area contributed by atoms with Crippen molar-refractivity contribution in [1.29, 1.82) is 0 Å². The number of rotatable bonds is 2. The van der Waals surface area contributed by atoms with E-state index in [9.17, 15) is 0 Å². The molecule has 0 bridgehead atoms. The summed E-state index contributed by atoms with van der Waals surface area (Å²) < 4.78 is 0. The Kier molecular flexibility index (Phi) is 2.11. The van der Waals surface area contributed by atoms with Gasteiger partial charge in [-0.05, 0) is 38.0 Å². The van der Waals surface area contributed by atoms with Crippen molar-refractivity contribution >= 4 is 16.7 Å². The normalized spacial score (nSPS) is 24.4. The number of imidazole rings is 1. The van der Waals surface area contributed by atoms with Crippen molar-refractivity contribution in [3.63, 3.8) is 0 Å². The van der Waals surface area contributed by atoms with Crippen LogP contribution in [0.25, 0.3) is 11.0 Å². The summed E-state index contributed by atoms with van der Waals surface area (Å²) in [7, 11) is 0. The maximum Gasteiger partial charge on any atom is 0.104 e. The fraction of sp³-hybridized carbons (Fsp3) is 0.417. The van der Waals surface area contributed by atoms with Crippen molar-refractivity contribution in [2.45, 2.75) is 31.8 Å². The van der Waals surface area contributed by atoms with Gasteiger partial charge < -0.3 is 16.0 Å². The molecule has 84 valence electrons. The first-order valence-corrected chi connectivity index (χ1v) is 5.69. The lowest BCUT2D eigenvalue weighted by molar-refractivity contribution is 0.374. The summed E-state index contributed by atoms with van der Waals surface area (Å²) >= 11 is 0. The zero-order valence-corrected chi connectivity index (χ0v) is 9.33. The van der Waals surface area contributed by atoms with Crippen LogP contribution in [0.2, 0.25) is 0 Å². The molecule has 0 aliphatic heterocycles. The molecule has 1 aromatic heterocycles.